The van der Waals surface area contributed by atoms with Crippen LogP contribution in [0.15, 0.2) is 12.1 Å². The van der Waals surface area contributed by atoms with Crippen LogP contribution in [0.3, 0.4) is 0 Å². The second kappa shape index (κ2) is 11.1. The van der Waals surface area contributed by atoms with Gasteiger partial charge in [0.05, 0.1) is 27.8 Å². The Balaban J connectivity index is 1.56. The van der Waals surface area contributed by atoms with Crippen LogP contribution in [0.4, 0.5) is 42.2 Å². The van der Waals surface area contributed by atoms with Crippen LogP contribution in [0.1, 0.15) is 42.9 Å². The number of nitrogen functional groups attached to an aromatic ring is 1. The molecule has 15 heteroatoms. The van der Waals surface area contributed by atoms with Crippen molar-refractivity contribution in [2.24, 2.45) is 5.41 Å². The highest BCUT2D eigenvalue weighted by Gasteiger charge is 2.53. The third-order valence-corrected chi connectivity index (χ3v) is 9.39. The monoisotopic (exact) mass is 651 g/mol. The first-order valence-electron chi connectivity index (χ1n) is 14.8. The van der Waals surface area contributed by atoms with Crippen molar-refractivity contribution >= 4 is 22.4 Å². The van der Waals surface area contributed by atoms with E-state index in [2.05, 4.69) is 15.3 Å². The van der Waals surface area contributed by atoms with Crippen LogP contribution in [-0.2, 0) is 6.18 Å². The minimum atomic E-state index is -5.11. The number of nitrogens with zero attached hydrogens (tertiary/aromatic N) is 5. The number of nitrogens with one attached hydrogen (secondary N) is 1. The minimum absolute atomic E-state index is 0.0166. The molecule has 0 spiro atoms. The molecular formula is C31H32F7N7O. The van der Waals surface area contributed by atoms with Crippen LogP contribution < -0.4 is 20.7 Å². The molecule has 2 aromatic carbocycles. The molecule has 3 N–H and O–H groups in total. The van der Waals surface area contributed by atoms with Crippen molar-refractivity contribution in [3.05, 3.63) is 40.5 Å². The fourth-order valence-electron chi connectivity index (χ4n) is 7.04. The fraction of sp³-hybridized carbons (Fsp3) is 0.516. The second-order valence-electron chi connectivity index (χ2n) is 12.9. The van der Waals surface area contributed by atoms with Gasteiger partial charge in [0.15, 0.2) is 5.82 Å². The van der Waals surface area contributed by atoms with Crippen molar-refractivity contribution in [1.29, 1.82) is 5.26 Å². The average molecular weight is 652 g/mol. The summed E-state index contributed by atoms with van der Waals surface area (Å²) in [5, 5.41) is 13.1. The Kier molecular flexibility index (Phi) is 7.75. The number of halogens is 7. The number of alkyl halides is 5. The Morgan fingerprint density at radius 3 is 2.43 bits per heavy atom. The van der Waals surface area contributed by atoms with Crippen LogP contribution in [0.5, 0.6) is 6.01 Å². The maximum absolute atomic E-state index is 16.6. The molecular weight excluding hydrogens is 619 g/mol. The number of piperidine rings is 1. The molecule has 3 atom stereocenters. The SMILES string of the molecule is Cc1cc(N)c(C#N)c(-c2c(F)cc3c(N4C[C@H]5CC[C@@H](C4)N5)nc(OC[C@]4(C)CN(C)CCC4(F)F)nc3c2F)c1C(F)(F)F. The minimum Gasteiger partial charge on any atom is -0.463 e. The molecule has 4 heterocycles. The number of rotatable bonds is 5. The summed E-state index contributed by atoms with van der Waals surface area (Å²) in [6.45, 7) is 2.84. The van der Waals surface area contributed by atoms with E-state index in [1.54, 1.807) is 22.9 Å². The quantitative estimate of drug-likeness (QED) is 0.270. The Bertz CT molecular complexity index is 1750. The zero-order chi connectivity index (χ0) is 33.3. The Morgan fingerprint density at radius 1 is 1.13 bits per heavy atom. The number of aromatic nitrogens is 2. The highest BCUT2D eigenvalue weighted by molar-refractivity contribution is 5.95. The number of nitriles is 1. The third-order valence-electron chi connectivity index (χ3n) is 9.39. The number of nitrogens with two attached hydrogens (primary N) is 1. The van der Waals surface area contributed by atoms with E-state index in [-0.39, 0.29) is 36.4 Å². The van der Waals surface area contributed by atoms with Gasteiger partial charge < -0.3 is 25.6 Å². The van der Waals surface area contributed by atoms with Crippen molar-refractivity contribution < 1.29 is 35.5 Å². The van der Waals surface area contributed by atoms with Gasteiger partial charge in [-0.2, -0.15) is 28.4 Å². The van der Waals surface area contributed by atoms with Crippen LogP contribution in [-0.4, -0.2) is 72.7 Å². The largest absolute Gasteiger partial charge is 0.463 e. The third kappa shape index (κ3) is 5.34. The number of likely N-dealkylation sites (tertiary alicyclic amines) is 1. The number of hydrogen-bond donors (Lipinski definition) is 2. The van der Waals surface area contributed by atoms with Gasteiger partial charge >= 0.3 is 12.2 Å². The van der Waals surface area contributed by atoms with E-state index in [1.165, 1.54) is 6.92 Å². The lowest BCUT2D eigenvalue weighted by molar-refractivity contribution is -0.169. The molecule has 6 rings (SSSR count). The van der Waals surface area contributed by atoms with E-state index in [0.717, 1.165) is 31.9 Å². The van der Waals surface area contributed by atoms with Crippen LogP contribution in [0.25, 0.3) is 22.0 Å². The summed E-state index contributed by atoms with van der Waals surface area (Å²) in [6.07, 6.45) is -3.80. The lowest BCUT2D eigenvalue weighted by Crippen LogP contribution is -2.55. The molecule has 1 aromatic heterocycles. The van der Waals surface area contributed by atoms with E-state index >= 15 is 17.6 Å². The van der Waals surface area contributed by atoms with Gasteiger partial charge in [-0.05, 0) is 51.4 Å². The van der Waals surface area contributed by atoms with Gasteiger partial charge in [0.25, 0.3) is 5.92 Å². The van der Waals surface area contributed by atoms with E-state index in [9.17, 15) is 18.4 Å². The molecule has 3 aliphatic heterocycles. The molecule has 2 bridgehead atoms. The smallest absolute Gasteiger partial charge is 0.417 e. The predicted octanol–water partition coefficient (Wildman–Crippen LogP) is 5.65. The lowest BCUT2D eigenvalue weighted by Gasteiger charge is -2.44. The summed E-state index contributed by atoms with van der Waals surface area (Å²) < 4.78 is 112. The predicted molar refractivity (Wildman–Crippen MR) is 157 cm³/mol. The average Bonchev–Trinajstić information content (AvgIpc) is 3.30. The van der Waals surface area contributed by atoms with Crippen molar-refractivity contribution in [3.63, 3.8) is 0 Å². The van der Waals surface area contributed by atoms with Gasteiger partial charge in [-0.1, -0.05) is 0 Å². The van der Waals surface area contributed by atoms with Crippen LogP contribution >= 0.6 is 0 Å². The number of ether oxygens (including phenoxy) is 1. The maximum atomic E-state index is 16.6. The van der Waals surface area contributed by atoms with Gasteiger partial charge in [0.1, 0.15) is 29.8 Å². The highest BCUT2D eigenvalue weighted by atomic mass is 19.4. The molecule has 0 aliphatic carbocycles. The van der Waals surface area contributed by atoms with Crippen molar-refractivity contribution in [2.45, 2.75) is 57.3 Å². The zero-order valence-corrected chi connectivity index (χ0v) is 25.3. The number of anilines is 2. The molecule has 3 fully saturated rings. The summed E-state index contributed by atoms with van der Waals surface area (Å²) in [5.74, 6) is -5.93. The van der Waals surface area contributed by atoms with Crippen molar-refractivity contribution in [1.82, 2.24) is 20.2 Å². The van der Waals surface area contributed by atoms with Gasteiger partial charge in [-0.15, -0.1) is 0 Å². The lowest BCUT2D eigenvalue weighted by atomic mass is 9.79. The molecule has 246 valence electrons. The summed E-state index contributed by atoms with van der Waals surface area (Å²) in [6, 6.07) is 2.94. The van der Waals surface area contributed by atoms with E-state index in [1.807, 2.05) is 0 Å². The standard InChI is InChI=1S/C31H32F7N7O/c1-15-8-21(40)19(10-39)22(24(15)31(36,37)38)23-20(32)9-18-26(25(23)33)42-28(43-27(18)45-11-16-4-5-17(12-45)41-16)46-14-29(2)13-44(3)7-6-30(29,34)35/h8-9,16-17,41H,4-7,11-14,40H2,1-3H3/t16-,17+,29-/m0/s1. The van der Waals surface area contributed by atoms with Gasteiger partial charge in [-0.25, -0.2) is 17.6 Å². The molecule has 0 unspecified atom stereocenters. The Morgan fingerprint density at radius 2 is 1.80 bits per heavy atom. The summed E-state index contributed by atoms with van der Waals surface area (Å²) in [4.78, 5) is 12.1. The van der Waals surface area contributed by atoms with Crippen LogP contribution in [0.2, 0.25) is 0 Å². The number of aryl methyl sites for hydroxylation is 1. The van der Waals surface area contributed by atoms with Gasteiger partial charge in [-0.3, -0.25) is 0 Å². The first-order chi connectivity index (χ1) is 21.5. The van der Waals surface area contributed by atoms with Crippen molar-refractivity contribution in [2.75, 3.05) is 50.5 Å². The number of piperazine rings is 1. The molecule has 0 radical (unpaired) electrons. The second-order valence-corrected chi connectivity index (χ2v) is 12.9. The Labute approximate surface area is 260 Å². The first-order valence-corrected chi connectivity index (χ1v) is 14.8. The number of hydrogen-bond acceptors (Lipinski definition) is 8. The molecule has 3 aliphatic rings. The van der Waals surface area contributed by atoms with E-state index in [0.29, 0.717) is 13.1 Å². The van der Waals surface area contributed by atoms with E-state index < -0.39 is 87.2 Å². The van der Waals surface area contributed by atoms with E-state index in [4.69, 9.17) is 10.5 Å². The van der Waals surface area contributed by atoms with Gasteiger partial charge in [0.2, 0.25) is 0 Å². The molecule has 46 heavy (non-hydrogen) atoms. The van der Waals surface area contributed by atoms with Gasteiger partial charge in [0, 0.05) is 55.6 Å². The van der Waals surface area contributed by atoms with Crippen molar-refractivity contribution in [3.8, 4) is 23.2 Å². The molecule has 0 amide bonds. The fourth-order valence-corrected chi connectivity index (χ4v) is 7.04. The highest BCUT2D eigenvalue weighted by Crippen LogP contribution is 2.47. The topological polar surface area (TPSA) is 103 Å². The van der Waals surface area contributed by atoms with Crippen LogP contribution in [0, 0.1) is 35.3 Å². The molecule has 8 nitrogen and oxygen atoms in total. The number of fused-ring (bicyclic) bond motifs is 3. The number of benzene rings is 2. The molecule has 3 aromatic rings. The zero-order valence-electron chi connectivity index (χ0n) is 25.3. The molecule has 0 saturated carbocycles. The summed E-state index contributed by atoms with van der Waals surface area (Å²) in [7, 11) is 1.70. The Hall–Kier alpha value is -3.90. The first kappa shape index (κ1) is 32.1. The summed E-state index contributed by atoms with van der Waals surface area (Å²) in [5.41, 5.74) is -1.58. The summed E-state index contributed by atoms with van der Waals surface area (Å²) >= 11 is 0. The maximum Gasteiger partial charge on any atom is 0.417 e. The normalized spacial score (nSPS) is 24.8. The molecule has 3 saturated heterocycles.